The first-order valence-corrected chi connectivity index (χ1v) is 7.80. The lowest BCUT2D eigenvalue weighted by molar-refractivity contribution is -0.105. The predicted octanol–water partition coefficient (Wildman–Crippen LogP) is 2.25. The highest BCUT2D eigenvalue weighted by Crippen LogP contribution is 2.25. The molecule has 0 atom stereocenters. The second kappa shape index (κ2) is 6.32. The van der Waals surface area contributed by atoms with Crippen LogP contribution in [0.4, 0.5) is 11.5 Å². The van der Waals surface area contributed by atoms with Crippen LogP contribution in [0.1, 0.15) is 12.5 Å². The Bertz CT molecular complexity index is 678. The SMILES string of the molecule is CCN1CCN(c2cc(C)c3cc(NC=O)ccc3n2)CC1. The standard InChI is InChI=1S/C17H22N4O/c1-3-20-6-8-21(9-7-20)17-10-13(2)15-11-14(18-12-22)4-5-16(15)19-17/h4-5,10-12H,3,6-9H2,1-2H3,(H,18,22). The first-order valence-electron chi connectivity index (χ1n) is 7.80. The molecule has 1 aromatic carbocycles. The summed E-state index contributed by atoms with van der Waals surface area (Å²) < 4.78 is 0. The van der Waals surface area contributed by atoms with Crippen molar-refractivity contribution in [3.05, 3.63) is 29.8 Å². The van der Waals surface area contributed by atoms with Gasteiger partial charge in [-0.1, -0.05) is 6.92 Å². The molecular weight excluding hydrogens is 276 g/mol. The molecule has 2 aromatic rings. The monoisotopic (exact) mass is 298 g/mol. The predicted molar refractivity (Wildman–Crippen MR) is 90.5 cm³/mol. The topological polar surface area (TPSA) is 48.5 Å². The lowest BCUT2D eigenvalue weighted by Crippen LogP contribution is -2.46. The summed E-state index contributed by atoms with van der Waals surface area (Å²) in [5, 5.41) is 3.78. The summed E-state index contributed by atoms with van der Waals surface area (Å²) in [5.41, 5.74) is 2.97. The van der Waals surface area contributed by atoms with E-state index in [4.69, 9.17) is 4.98 Å². The zero-order valence-electron chi connectivity index (χ0n) is 13.2. The third-order valence-corrected chi connectivity index (χ3v) is 4.37. The zero-order chi connectivity index (χ0) is 15.5. The van der Waals surface area contributed by atoms with Gasteiger partial charge in [-0.15, -0.1) is 0 Å². The molecule has 3 rings (SSSR count). The molecule has 22 heavy (non-hydrogen) atoms. The minimum Gasteiger partial charge on any atom is -0.354 e. The van der Waals surface area contributed by atoms with Gasteiger partial charge in [-0.25, -0.2) is 4.98 Å². The molecule has 2 heterocycles. The molecule has 5 nitrogen and oxygen atoms in total. The summed E-state index contributed by atoms with van der Waals surface area (Å²) >= 11 is 0. The van der Waals surface area contributed by atoms with Gasteiger partial charge >= 0.3 is 0 Å². The van der Waals surface area contributed by atoms with E-state index >= 15 is 0 Å². The summed E-state index contributed by atoms with van der Waals surface area (Å²) in [6.45, 7) is 9.66. The lowest BCUT2D eigenvalue weighted by Gasteiger charge is -2.35. The van der Waals surface area contributed by atoms with Crippen molar-refractivity contribution >= 4 is 28.8 Å². The van der Waals surface area contributed by atoms with Crippen LogP contribution in [0.3, 0.4) is 0 Å². The quantitative estimate of drug-likeness (QED) is 0.880. The Hall–Kier alpha value is -2.14. The Morgan fingerprint density at radius 3 is 2.68 bits per heavy atom. The first kappa shape index (κ1) is 14.8. The molecule has 1 saturated heterocycles. The third-order valence-electron chi connectivity index (χ3n) is 4.37. The lowest BCUT2D eigenvalue weighted by atomic mass is 10.1. The molecular formula is C17H22N4O. The number of aromatic nitrogens is 1. The number of nitrogens with zero attached hydrogens (tertiary/aromatic N) is 3. The number of anilines is 2. The average molecular weight is 298 g/mol. The number of piperazine rings is 1. The van der Waals surface area contributed by atoms with Crippen LogP contribution < -0.4 is 10.2 Å². The number of hydrogen-bond acceptors (Lipinski definition) is 4. The van der Waals surface area contributed by atoms with Crippen molar-refractivity contribution in [1.82, 2.24) is 9.88 Å². The molecule has 1 fully saturated rings. The number of nitrogens with one attached hydrogen (secondary N) is 1. The van der Waals surface area contributed by atoms with E-state index in [-0.39, 0.29) is 0 Å². The van der Waals surface area contributed by atoms with E-state index in [0.29, 0.717) is 6.41 Å². The third kappa shape index (κ3) is 2.90. The minimum atomic E-state index is 0.700. The summed E-state index contributed by atoms with van der Waals surface area (Å²) in [5.74, 6) is 1.05. The van der Waals surface area contributed by atoms with Crippen LogP contribution in [0.5, 0.6) is 0 Å². The molecule has 1 N–H and O–H groups in total. The van der Waals surface area contributed by atoms with Gasteiger partial charge in [-0.05, 0) is 43.3 Å². The molecule has 0 bridgehead atoms. The molecule has 116 valence electrons. The normalized spacial score (nSPS) is 16.0. The number of amides is 1. The molecule has 0 aliphatic carbocycles. The van der Waals surface area contributed by atoms with E-state index in [9.17, 15) is 4.79 Å². The Balaban J connectivity index is 1.89. The second-order valence-corrected chi connectivity index (χ2v) is 5.71. The maximum absolute atomic E-state index is 10.6. The van der Waals surface area contributed by atoms with Crippen molar-refractivity contribution in [3.63, 3.8) is 0 Å². The summed E-state index contributed by atoms with van der Waals surface area (Å²) in [4.78, 5) is 20.2. The number of rotatable bonds is 4. The number of carbonyl (C=O) groups is 1. The molecule has 0 radical (unpaired) electrons. The molecule has 0 saturated carbocycles. The van der Waals surface area contributed by atoms with Crippen LogP contribution in [-0.2, 0) is 4.79 Å². The fraction of sp³-hybridized carbons (Fsp3) is 0.412. The largest absolute Gasteiger partial charge is 0.354 e. The van der Waals surface area contributed by atoms with Crippen molar-refractivity contribution in [2.24, 2.45) is 0 Å². The summed E-state index contributed by atoms with van der Waals surface area (Å²) in [6, 6.07) is 7.99. The Morgan fingerprint density at radius 1 is 1.23 bits per heavy atom. The van der Waals surface area contributed by atoms with Crippen molar-refractivity contribution < 1.29 is 4.79 Å². The summed E-state index contributed by atoms with van der Waals surface area (Å²) in [6.07, 6.45) is 0.700. The number of carbonyl (C=O) groups excluding carboxylic acids is 1. The van der Waals surface area contributed by atoms with Gasteiger partial charge in [-0.3, -0.25) is 4.79 Å². The summed E-state index contributed by atoms with van der Waals surface area (Å²) in [7, 11) is 0. The van der Waals surface area contributed by atoms with Crippen molar-refractivity contribution in [3.8, 4) is 0 Å². The molecule has 5 heteroatoms. The van der Waals surface area contributed by atoms with Crippen molar-refractivity contribution in [1.29, 1.82) is 0 Å². The van der Waals surface area contributed by atoms with E-state index in [1.807, 2.05) is 18.2 Å². The van der Waals surface area contributed by atoms with Crippen LogP contribution in [0.15, 0.2) is 24.3 Å². The second-order valence-electron chi connectivity index (χ2n) is 5.71. The van der Waals surface area contributed by atoms with E-state index in [1.54, 1.807) is 0 Å². The fourth-order valence-corrected chi connectivity index (χ4v) is 2.99. The maximum atomic E-state index is 10.6. The van der Waals surface area contributed by atoms with Crippen LogP contribution in [0.2, 0.25) is 0 Å². The van der Waals surface area contributed by atoms with E-state index in [0.717, 1.165) is 55.1 Å². The highest BCUT2D eigenvalue weighted by atomic mass is 16.1. The van der Waals surface area contributed by atoms with Crippen molar-refractivity contribution in [2.45, 2.75) is 13.8 Å². The van der Waals surface area contributed by atoms with Gasteiger partial charge in [0.2, 0.25) is 6.41 Å². The number of pyridine rings is 1. The molecule has 1 aromatic heterocycles. The van der Waals surface area contributed by atoms with Gasteiger partial charge in [0.25, 0.3) is 0 Å². The van der Waals surface area contributed by atoms with Crippen LogP contribution >= 0.6 is 0 Å². The van der Waals surface area contributed by atoms with Gasteiger partial charge in [0.05, 0.1) is 5.52 Å². The van der Waals surface area contributed by atoms with Gasteiger partial charge in [0, 0.05) is 37.3 Å². The molecule has 1 amide bonds. The zero-order valence-corrected chi connectivity index (χ0v) is 13.2. The van der Waals surface area contributed by atoms with Gasteiger partial charge in [0.1, 0.15) is 5.82 Å². The Kier molecular flexibility index (Phi) is 4.24. The minimum absolute atomic E-state index is 0.700. The molecule has 1 aliphatic rings. The maximum Gasteiger partial charge on any atom is 0.211 e. The Morgan fingerprint density at radius 2 is 2.00 bits per heavy atom. The number of aryl methyl sites for hydroxylation is 1. The number of hydrogen-bond donors (Lipinski definition) is 1. The van der Waals surface area contributed by atoms with E-state index in [1.165, 1.54) is 5.56 Å². The molecule has 0 unspecified atom stereocenters. The van der Waals surface area contributed by atoms with Crippen LogP contribution in [-0.4, -0.2) is 49.0 Å². The van der Waals surface area contributed by atoms with Gasteiger partial charge < -0.3 is 15.1 Å². The van der Waals surface area contributed by atoms with Gasteiger partial charge in [0.15, 0.2) is 0 Å². The first-order chi connectivity index (χ1) is 10.7. The average Bonchev–Trinajstić information content (AvgIpc) is 2.55. The van der Waals surface area contributed by atoms with Crippen LogP contribution in [0, 0.1) is 6.92 Å². The fourth-order valence-electron chi connectivity index (χ4n) is 2.99. The Labute approximate surface area is 130 Å². The number of benzene rings is 1. The highest BCUT2D eigenvalue weighted by molar-refractivity contribution is 5.89. The van der Waals surface area contributed by atoms with Gasteiger partial charge in [-0.2, -0.15) is 0 Å². The van der Waals surface area contributed by atoms with Crippen LogP contribution in [0.25, 0.3) is 10.9 Å². The molecule has 0 spiro atoms. The highest BCUT2D eigenvalue weighted by Gasteiger charge is 2.17. The smallest absolute Gasteiger partial charge is 0.211 e. The molecule has 1 aliphatic heterocycles. The van der Waals surface area contributed by atoms with Crippen molar-refractivity contribution in [2.75, 3.05) is 42.9 Å². The van der Waals surface area contributed by atoms with E-state index in [2.05, 4.69) is 35.0 Å². The van der Waals surface area contributed by atoms with E-state index < -0.39 is 0 Å². The number of fused-ring (bicyclic) bond motifs is 1. The number of likely N-dealkylation sites (N-methyl/N-ethyl adjacent to an activating group) is 1.